The molecule has 2 nitrogen and oxygen atoms in total. The molecule has 1 aliphatic heterocycles. The number of nitrogens with one attached hydrogen (secondary N) is 1. The van der Waals surface area contributed by atoms with Crippen molar-refractivity contribution in [2.75, 3.05) is 5.32 Å². The molecule has 3 heteroatoms. The lowest BCUT2D eigenvalue weighted by Gasteiger charge is -2.09. The van der Waals surface area contributed by atoms with Crippen molar-refractivity contribution in [1.82, 2.24) is 0 Å². The predicted molar refractivity (Wildman–Crippen MR) is 90.1 cm³/mol. The molecule has 0 fully saturated rings. The lowest BCUT2D eigenvalue weighted by atomic mass is 9.98. The van der Waals surface area contributed by atoms with Crippen LogP contribution in [0.1, 0.15) is 10.4 Å². The van der Waals surface area contributed by atoms with Crippen LogP contribution in [0.25, 0.3) is 21.9 Å². The zero-order valence-corrected chi connectivity index (χ0v) is 12.6. The number of hydrogen-bond acceptors (Lipinski definition) is 1. The Kier molecular flexibility index (Phi) is 2.57. The summed E-state index contributed by atoms with van der Waals surface area (Å²) < 4.78 is 1.20. The SMILES string of the molecule is O=C1Nc2c(-c3ccc(I)cc3)ccc3cccc1c23. The number of hydrogen-bond donors (Lipinski definition) is 1. The maximum Gasteiger partial charge on any atom is 0.256 e. The van der Waals surface area contributed by atoms with Crippen LogP contribution >= 0.6 is 22.6 Å². The highest BCUT2D eigenvalue weighted by Crippen LogP contribution is 2.40. The first-order chi connectivity index (χ1) is 9.74. The molecule has 20 heavy (non-hydrogen) atoms. The van der Waals surface area contributed by atoms with E-state index in [-0.39, 0.29) is 5.91 Å². The third kappa shape index (κ3) is 1.66. The van der Waals surface area contributed by atoms with Crippen molar-refractivity contribution < 1.29 is 4.79 Å². The molecule has 0 bridgehead atoms. The number of carbonyl (C=O) groups excluding carboxylic acids is 1. The smallest absolute Gasteiger partial charge is 0.256 e. The summed E-state index contributed by atoms with van der Waals surface area (Å²) in [5.41, 5.74) is 3.90. The Balaban J connectivity index is 2.04. The molecule has 0 aromatic heterocycles. The minimum Gasteiger partial charge on any atom is -0.321 e. The summed E-state index contributed by atoms with van der Waals surface area (Å²) in [6, 6.07) is 18.3. The number of carbonyl (C=O) groups is 1. The summed E-state index contributed by atoms with van der Waals surface area (Å²) >= 11 is 2.29. The quantitative estimate of drug-likeness (QED) is 0.619. The molecule has 0 radical (unpaired) electrons. The third-order valence-corrected chi connectivity index (χ3v) is 4.40. The van der Waals surface area contributed by atoms with Gasteiger partial charge in [-0.05, 0) is 51.7 Å². The molecule has 1 aliphatic rings. The molecule has 4 rings (SSSR count). The van der Waals surface area contributed by atoms with Gasteiger partial charge in [0.15, 0.2) is 0 Å². The van der Waals surface area contributed by atoms with E-state index in [1.165, 1.54) is 3.57 Å². The number of rotatable bonds is 1. The second-order valence-corrected chi connectivity index (χ2v) is 6.10. The molecule has 0 saturated carbocycles. The molecule has 0 unspecified atom stereocenters. The van der Waals surface area contributed by atoms with Gasteiger partial charge >= 0.3 is 0 Å². The number of halogens is 1. The van der Waals surface area contributed by atoms with Crippen LogP contribution in [0.15, 0.2) is 54.6 Å². The van der Waals surface area contributed by atoms with Crippen LogP contribution in [0.4, 0.5) is 5.69 Å². The molecule has 0 aliphatic carbocycles. The van der Waals surface area contributed by atoms with Gasteiger partial charge in [-0.1, -0.05) is 36.4 Å². The fourth-order valence-corrected chi connectivity index (χ4v) is 3.11. The minimum absolute atomic E-state index is 0.0106. The molecular weight excluding hydrogens is 361 g/mol. The summed E-state index contributed by atoms with van der Waals surface area (Å²) in [7, 11) is 0. The summed E-state index contributed by atoms with van der Waals surface area (Å²) in [5.74, 6) is -0.0106. The number of amides is 1. The Hall–Kier alpha value is -1.88. The molecule has 96 valence electrons. The van der Waals surface area contributed by atoms with Gasteiger partial charge in [0.25, 0.3) is 5.91 Å². The van der Waals surface area contributed by atoms with E-state index in [2.05, 4.69) is 64.3 Å². The lowest BCUT2D eigenvalue weighted by molar-refractivity contribution is 0.103. The molecule has 3 aromatic rings. The van der Waals surface area contributed by atoms with Crippen molar-refractivity contribution in [3.63, 3.8) is 0 Å². The van der Waals surface area contributed by atoms with Gasteiger partial charge in [-0.3, -0.25) is 4.79 Å². The van der Waals surface area contributed by atoms with Gasteiger partial charge in [0.2, 0.25) is 0 Å². The molecule has 1 N–H and O–H groups in total. The van der Waals surface area contributed by atoms with Crippen molar-refractivity contribution in [1.29, 1.82) is 0 Å². The first-order valence-corrected chi connectivity index (χ1v) is 7.45. The Bertz CT molecular complexity index is 853. The molecule has 0 atom stereocenters. The maximum absolute atomic E-state index is 12.1. The Labute approximate surface area is 130 Å². The van der Waals surface area contributed by atoms with Gasteiger partial charge in [0.1, 0.15) is 0 Å². The van der Waals surface area contributed by atoms with Gasteiger partial charge < -0.3 is 5.32 Å². The minimum atomic E-state index is -0.0106. The zero-order chi connectivity index (χ0) is 13.7. The highest BCUT2D eigenvalue weighted by molar-refractivity contribution is 14.1. The average Bonchev–Trinajstić information content (AvgIpc) is 2.80. The largest absolute Gasteiger partial charge is 0.321 e. The Morgan fingerprint density at radius 2 is 1.65 bits per heavy atom. The van der Waals surface area contributed by atoms with Crippen molar-refractivity contribution in [2.45, 2.75) is 0 Å². The zero-order valence-electron chi connectivity index (χ0n) is 10.5. The standard InChI is InChI=1S/C17H10INO/c18-12-7-4-10(5-8-12)13-9-6-11-2-1-3-14-15(11)16(13)19-17(14)20/h1-9H,(H,19,20). The van der Waals surface area contributed by atoms with Gasteiger partial charge in [-0.25, -0.2) is 0 Å². The van der Waals surface area contributed by atoms with E-state index in [4.69, 9.17) is 0 Å². The van der Waals surface area contributed by atoms with E-state index in [1.54, 1.807) is 0 Å². The third-order valence-electron chi connectivity index (χ3n) is 3.68. The number of benzene rings is 3. The fourth-order valence-electron chi connectivity index (χ4n) is 2.75. The predicted octanol–water partition coefficient (Wildman–Crippen LogP) is 4.68. The van der Waals surface area contributed by atoms with Crippen molar-refractivity contribution in [2.24, 2.45) is 0 Å². The summed E-state index contributed by atoms with van der Waals surface area (Å²) in [6.07, 6.45) is 0. The van der Waals surface area contributed by atoms with Crippen molar-refractivity contribution in [3.8, 4) is 11.1 Å². The van der Waals surface area contributed by atoms with Gasteiger partial charge in [0, 0.05) is 20.1 Å². The molecule has 1 amide bonds. The van der Waals surface area contributed by atoms with E-state index >= 15 is 0 Å². The van der Waals surface area contributed by atoms with Gasteiger partial charge in [-0.2, -0.15) is 0 Å². The van der Waals surface area contributed by atoms with Crippen LogP contribution < -0.4 is 5.32 Å². The van der Waals surface area contributed by atoms with Gasteiger partial charge in [-0.15, -0.1) is 0 Å². The molecule has 1 heterocycles. The van der Waals surface area contributed by atoms with Crippen molar-refractivity contribution >= 4 is 45.0 Å². The van der Waals surface area contributed by atoms with Gasteiger partial charge in [0.05, 0.1) is 5.69 Å². The second-order valence-electron chi connectivity index (χ2n) is 4.85. The van der Waals surface area contributed by atoms with E-state index in [9.17, 15) is 4.79 Å². The monoisotopic (exact) mass is 371 g/mol. The molecule has 3 aromatic carbocycles. The first-order valence-electron chi connectivity index (χ1n) is 6.37. The van der Waals surface area contributed by atoms with Crippen LogP contribution in [0.2, 0.25) is 0 Å². The summed E-state index contributed by atoms with van der Waals surface area (Å²) in [5, 5.41) is 5.15. The summed E-state index contributed by atoms with van der Waals surface area (Å²) in [4.78, 5) is 12.1. The van der Waals surface area contributed by atoms with Crippen molar-refractivity contribution in [3.05, 3.63) is 63.7 Å². The molecule has 0 spiro atoms. The van der Waals surface area contributed by atoms with E-state index in [1.807, 2.05) is 18.2 Å². The van der Waals surface area contributed by atoms with Crippen LogP contribution in [0.5, 0.6) is 0 Å². The maximum atomic E-state index is 12.1. The Morgan fingerprint density at radius 1 is 0.850 bits per heavy atom. The van der Waals surface area contributed by atoms with Crippen LogP contribution in [0.3, 0.4) is 0 Å². The highest BCUT2D eigenvalue weighted by Gasteiger charge is 2.23. The average molecular weight is 371 g/mol. The van der Waals surface area contributed by atoms with E-state index in [0.717, 1.165) is 33.2 Å². The summed E-state index contributed by atoms with van der Waals surface area (Å²) in [6.45, 7) is 0. The topological polar surface area (TPSA) is 29.1 Å². The highest BCUT2D eigenvalue weighted by atomic mass is 127. The lowest BCUT2D eigenvalue weighted by Crippen LogP contribution is -2.04. The second kappa shape index (κ2) is 4.31. The van der Waals surface area contributed by atoms with E-state index < -0.39 is 0 Å². The van der Waals surface area contributed by atoms with Crippen LogP contribution in [0, 0.1) is 3.57 Å². The first kappa shape index (κ1) is 11.9. The van der Waals surface area contributed by atoms with E-state index in [0.29, 0.717) is 0 Å². The van der Waals surface area contributed by atoms with Crippen LogP contribution in [-0.4, -0.2) is 5.91 Å². The fraction of sp³-hybridized carbons (Fsp3) is 0. The van der Waals surface area contributed by atoms with Crippen LogP contribution in [-0.2, 0) is 0 Å². The Morgan fingerprint density at radius 3 is 2.45 bits per heavy atom. The number of anilines is 1. The molecular formula is C17H10INO. The molecule has 0 saturated heterocycles. The normalized spacial score (nSPS) is 12.8.